The van der Waals surface area contributed by atoms with Gasteiger partial charge in [-0.2, -0.15) is 0 Å². The van der Waals surface area contributed by atoms with Gasteiger partial charge in [0.15, 0.2) is 0 Å². The average molecular weight is 267 g/mol. The normalized spacial score (nSPS) is 20.6. The third-order valence-electron chi connectivity index (χ3n) is 4.37. The Bertz CT molecular complexity index is 340. The highest BCUT2D eigenvalue weighted by molar-refractivity contribution is 6.30. The summed E-state index contributed by atoms with van der Waals surface area (Å²) >= 11 is 5.93. The summed E-state index contributed by atoms with van der Waals surface area (Å²) in [6, 6.07) is 8.42. The average Bonchev–Trinajstić information content (AvgIpc) is 2.83. The Balaban J connectivity index is 1.91. The molecule has 2 heteroatoms. The molecule has 0 amide bonds. The van der Waals surface area contributed by atoms with Crippen molar-refractivity contribution in [3.8, 4) is 0 Å². The second kappa shape index (κ2) is 6.06. The van der Waals surface area contributed by atoms with Crippen LogP contribution in [0.5, 0.6) is 0 Å². The van der Waals surface area contributed by atoms with Gasteiger partial charge in [-0.05, 0) is 36.0 Å². The molecule has 1 aliphatic carbocycles. The maximum atomic E-state index is 5.93. The standard InChI is InChI=1S/C15H23ClSi/c1-11(12-6-8-14(16)9-7-12)10-15(17)13-4-2-3-5-13/h6-9,11,13,15H,2-5,10H2,1,17H3. The first-order valence-electron chi connectivity index (χ1n) is 6.92. The highest BCUT2D eigenvalue weighted by Crippen LogP contribution is 2.38. The minimum absolute atomic E-state index is 0.690. The molecule has 94 valence electrons. The van der Waals surface area contributed by atoms with Crippen LogP contribution in [0.15, 0.2) is 24.3 Å². The molecule has 0 bridgehead atoms. The van der Waals surface area contributed by atoms with Crippen molar-refractivity contribution in [1.82, 2.24) is 0 Å². The van der Waals surface area contributed by atoms with E-state index in [9.17, 15) is 0 Å². The molecule has 1 aromatic rings. The van der Waals surface area contributed by atoms with Crippen LogP contribution >= 0.6 is 11.6 Å². The summed E-state index contributed by atoms with van der Waals surface area (Å²) in [7, 11) is 1.35. The van der Waals surface area contributed by atoms with Crippen molar-refractivity contribution >= 4 is 21.8 Å². The summed E-state index contributed by atoms with van der Waals surface area (Å²) in [6.45, 7) is 2.36. The highest BCUT2D eigenvalue weighted by atomic mass is 35.5. The Hall–Kier alpha value is -0.273. The first-order valence-corrected chi connectivity index (χ1v) is 8.45. The molecule has 0 aliphatic heterocycles. The summed E-state index contributed by atoms with van der Waals surface area (Å²) < 4.78 is 0. The van der Waals surface area contributed by atoms with Crippen LogP contribution < -0.4 is 0 Å². The van der Waals surface area contributed by atoms with Crippen LogP contribution in [0.4, 0.5) is 0 Å². The second-order valence-corrected chi connectivity index (χ2v) is 7.63. The molecular formula is C15H23ClSi. The fourth-order valence-electron chi connectivity index (χ4n) is 3.20. The van der Waals surface area contributed by atoms with E-state index in [0.29, 0.717) is 5.92 Å². The highest BCUT2D eigenvalue weighted by Gasteiger charge is 2.23. The Morgan fingerprint density at radius 3 is 2.41 bits per heavy atom. The van der Waals surface area contributed by atoms with Gasteiger partial charge < -0.3 is 0 Å². The lowest BCUT2D eigenvalue weighted by Crippen LogP contribution is -2.09. The van der Waals surface area contributed by atoms with Gasteiger partial charge in [0.1, 0.15) is 0 Å². The summed E-state index contributed by atoms with van der Waals surface area (Å²) in [5.41, 5.74) is 2.46. The predicted octanol–water partition coefficient (Wildman–Crippen LogP) is 4.18. The van der Waals surface area contributed by atoms with Crippen molar-refractivity contribution in [2.24, 2.45) is 5.92 Å². The van der Waals surface area contributed by atoms with Crippen LogP contribution in [0.2, 0.25) is 10.6 Å². The monoisotopic (exact) mass is 266 g/mol. The Labute approximate surface area is 113 Å². The predicted molar refractivity (Wildman–Crippen MR) is 80.1 cm³/mol. The van der Waals surface area contributed by atoms with Crippen molar-refractivity contribution in [1.29, 1.82) is 0 Å². The molecule has 0 radical (unpaired) electrons. The smallest absolute Gasteiger partial charge is 0.0406 e. The topological polar surface area (TPSA) is 0 Å². The molecule has 17 heavy (non-hydrogen) atoms. The zero-order chi connectivity index (χ0) is 12.3. The van der Waals surface area contributed by atoms with Crippen LogP contribution in [0.3, 0.4) is 0 Å². The van der Waals surface area contributed by atoms with Crippen LogP contribution in [-0.4, -0.2) is 10.2 Å². The number of hydrogen-bond acceptors (Lipinski definition) is 0. The molecule has 0 N–H and O–H groups in total. The summed E-state index contributed by atoms with van der Waals surface area (Å²) in [5.74, 6) is 1.73. The van der Waals surface area contributed by atoms with Gasteiger partial charge in [0.2, 0.25) is 0 Å². The summed E-state index contributed by atoms with van der Waals surface area (Å²) in [4.78, 5) is 0. The molecule has 2 unspecified atom stereocenters. The van der Waals surface area contributed by atoms with Crippen LogP contribution in [0.1, 0.15) is 50.5 Å². The van der Waals surface area contributed by atoms with Crippen molar-refractivity contribution in [2.45, 2.75) is 50.5 Å². The fourth-order valence-corrected chi connectivity index (χ4v) is 4.70. The van der Waals surface area contributed by atoms with Crippen molar-refractivity contribution in [3.63, 3.8) is 0 Å². The lowest BCUT2D eigenvalue weighted by Gasteiger charge is -2.23. The van der Waals surface area contributed by atoms with Crippen LogP contribution in [-0.2, 0) is 0 Å². The molecule has 0 nitrogen and oxygen atoms in total. The number of rotatable bonds is 4. The SMILES string of the molecule is CC(CC([SiH3])C1CCCC1)c1ccc(Cl)cc1. The molecule has 0 saturated heterocycles. The van der Waals surface area contributed by atoms with Gasteiger partial charge in [0.05, 0.1) is 0 Å². The molecule has 2 rings (SSSR count). The van der Waals surface area contributed by atoms with E-state index in [1.165, 1.54) is 47.9 Å². The van der Waals surface area contributed by atoms with Crippen LogP contribution in [0.25, 0.3) is 0 Å². The molecule has 1 fully saturated rings. The van der Waals surface area contributed by atoms with E-state index in [2.05, 4.69) is 19.1 Å². The maximum absolute atomic E-state index is 5.93. The molecular weight excluding hydrogens is 244 g/mol. The zero-order valence-electron chi connectivity index (χ0n) is 11.0. The lowest BCUT2D eigenvalue weighted by atomic mass is 9.90. The number of hydrogen-bond donors (Lipinski definition) is 0. The molecule has 1 aliphatic rings. The van der Waals surface area contributed by atoms with Gasteiger partial charge in [0.25, 0.3) is 0 Å². The fraction of sp³-hybridized carbons (Fsp3) is 0.600. The van der Waals surface area contributed by atoms with Gasteiger partial charge in [0, 0.05) is 15.3 Å². The molecule has 2 atom stereocenters. The maximum Gasteiger partial charge on any atom is 0.0406 e. The quantitative estimate of drug-likeness (QED) is 0.718. The van der Waals surface area contributed by atoms with E-state index in [1.54, 1.807) is 0 Å². The molecule has 1 saturated carbocycles. The molecule has 0 aromatic heterocycles. The van der Waals surface area contributed by atoms with E-state index < -0.39 is 0 Å². The van der Waals surface area contributed by atoms with Gasteiger partial charge in [-0.25, -0.2) is 0 Å². The molecule has 0 heterocycles. The summed E-state index contributed by atoms with van der Waals surface area (Å²) in [6.07, 6.45) is 7.29. The largest absolute Gasteiger partial charge is 0.0843 e. The van der Waals surface area contributed by atoms with Crippen LogP contribution in [0, 0.1) is 5.92 Å². The third kappa shape index (κ3) is 3.59. The Morgan fingerprint density at radius 2 is 1.82 bits per heavy atom. The first kappa shape index (κ1) is 13.2. The van der Waals surface area contributed by atoms with Crippen molar-refractivity contribution in [2.75, 3.05) is 0 Å². The third-order valence-corrected chi connectivity index (χ3v) is 6.04. The second-order valence-electron chi connectivity index (χ2n) is 5.71. The van der Waals surface area contributed by atoms with Crippen molar-refractivity contribution < 1.29 is 0 Å². The van der Waals surface area contributed by atoms with Gasteiger partial charge in [-0.3, -0.25) is 0 Å². The zero-order valence-corrected chi connectivity index (χ0v) is 13.7. The van der Waals surface area contributed by atoms with Gasteiger partial charge >= 0.3 is 0 Å². The van der Waals surface area contributed by atoms with Crippen molar-refractivity contribution in [3.05, 3.63) is 34.9 Å². The van der Waals surface area contributed by atoms with E-state index in [4.69, 9.17) is 11.6 Å². The first-order chi connectivity index (χ1) is 8.16. The van der Waals surface area contributed by atoms with Gasteiger partial charge in [-0.15, -0.1) is 0 Å². The van der Waals surface area contributed by atoms with E-state index in [1.807, 2.05) is 12.1 Å². The Kier molecular flexibility index (Phi) is 4.69. The van der Waals surface area contributed by atoms with Gasteiger partial charge in [-0.1, -0.05) is 61.9 Å². The Morgan fingerprint density at radius 1 is 1.24 bits per heavy atom. The van der Waals surface area contributed by atoms with E-state index in [-0.39, 0.29) is 0 Å². The summed E-state index contributed by atoms with van der Waals surface area (Å²) in [5, 5.41) is 0.846. The molecule has 1 aromatic carbocycles. The molecule has 0 spiro atoms. The minimum atomic E-state index is 0.690. The minimum Gasteiger partial charge on any atom is -0.0843 e. The number of benzene rings is 1. The van der Waals surface area contributed by atoms with E-state index >= 15 is 0 Å². The van der Waals surface area contributed by atoms with E-state index in [0.717, 1.165) is 16.5 Å². The number of halogens is 1. The lowest BCUT2D eigenvalue weighted by molar-refractivity contribution is 0.460.